The first kappa shape index (κ1) is 18.9. The zero-order valence-electron chi connectivity index (χ0n) is 15.6. The van der Waals surface area contributed by atoms with Crippen molar-refractivity contribution in [3.63, 3.8) is 0 Å². The van der Waals surface area contributed by atoms with Crippen molar-refractivity contribution in [1.82, 2.24) is 9.88 Å². The third kappa shape index (κ3) is 4.83. The number of carbonyl (C=O) groups is 1. The molecule has 3 rings (SSSR count). The van der Waals surface area contributed by atoms with E-state index in [4.69, 9.17) is 4.74 Å². The lowest BCUT2D eigenvalue weighted by Gasteiger charge is -2.24. The molecule has 1 amide bonds. The van der Waals surface area contributed by atoms with E-state index in [0.29, 0.717) is 17.3 Å². The van der Waals surface area contributed by atoms with E-state index < -0.39 is 0 Å². The third-order valence-electron chi connectivity index (χ3n) is 4.43. The standard InChI is InChI=1S/C20H27N3O2S/c1-3-5-12-25-16-8-6-7-15(13-16)19(24)22-20-21-17-9-11-23(10-4-2)14-18(17)26-20/h6-8,13H,3-5,9-12,14H2,1-2H3,(H,21,22,24). The lowest BCUT2D eigenvalue weighted by atomic mass is 10.2. The maximum atomic E-state index is 12.6. The number of rotatable bonds is 8. The highest BCUT2D eigenvalue weighted by molar-refractivity contribution is 7.15. The van der Waals surface area contributed by atoms with Gasteiger partial charge in [0, 0.05) is 30.0 Å². The van der Waals surface area contributed by atoms with Crippen molar-refractivity contribution >= 4 is 22.4 Å². The highest BCUT2D eigenvalue weighted by Gasteiger charge is 2.21. The predicted octanol–water partition coefficient (Wildman–Crippen LogP) is 4.34. The number of hydrogen-bond donors (Lipinski definition) is 1. The fraction of sp³-hybridized carbons (Fsp3) is 0.500. The molecule has 0 saturated carbocycles. The number of fused-ring (bicyclic) bond motifs is 1. The van der Waals surface area contributed by atoms with Crippen LogP contribution < -0.4 is 10.1 Å². The van der Waals surface area contributed by atoms with E-state index in [1.54, 1.807) is 23.5 Å². The quantitative estimate of drug-likeness (QED) is 0.699. The van der Waals surface area contributed by atoms with Crippen LogP contribution in [0.1, 0.15) is 54.0 Å². The van der Waals surface area contributed by atoms with E-state index in [9.17, 15) is 4.79 Å². The van der Waals surface area contributed by atoms with Crippen LogP contribution in [0.15, 0.2) is 24.3 Å². The van der Waals surface area contributed by atoms with Gasteiger partial charge in [-0.3, -0.25) is 15.0 Å². The van der Waals surface area contributed by atoms with Crippen LogP contribution in [-0.2, 0) is 13.0 Å². The second kappa shape index (κ2) is 9.14. The number of carbonyl (C=O) groups excluding carboxylic acids is 1. The molecule has 5 nitrogen and oxygen atoms in total. The molecule has 1 aromatic heterocycles. The monoisotopic (exact) mass is 373 g/mol. The van der Waals surface area contributed by atoms with Crippen LogP contribution in [0, 0.1) is 0 Å². The molecule has 6 heteroatoms. The summed E-state index contributed by atoms with van der Waals surface area (Å²) in [5.74, 6) is 0.599. The minimum absolute atomic E-state index is 0.137. The summed E-state index contributed by atoms with van der Waals surface area (Å²) >= 11 is 1.59. The Morgan fingerprint density at radius 3 is 3.04 bits per heavy atom. The molecule has 0 unspecified atom stereocenters. The number of unbranched alkanes of at least 4 members (excludes halogenated alkanes) is 1. The van der Waals surface area contributed by atoms with E-state index in [2.05, 4.69) is 29.0 Å². The maximum absolute atomic E-state index is 12.6. The first-order chi connectivity index (χ1) is 12.7. The third-order valence-corrected chi connectivity index (χ3v) is 5.43. The molecule has 0 atom stereocenters. The fourth-order valence-corrected chi connectivity index (χ4v) is 4.09. The average molecular weight is 374 g/mol. The van der Waals surface area contributed by atoms with E-state index >= 15 is 0 Å². The van der Waals surface area contributed by atoms with Crippen molar-refractivity contribution in [2.45, 2.75) is 46.1 Å². The molecule has 1 aromatic carbocycles. The summed E-state index contributed by atoms with van der Waals surface area (Å²) in [6.45, 7) is 8.11. The number of benzene rings is 1. The second-order valence-electron chi connectivity index (χ2n) is 6.60. The Bertz CT molecular complexity index is 744. The number of amides is 1. The smallest absolute Gasteiger partial charge is 0.257 e. The van der Waals surface area contributed by atoms with Gasteiger partial charge >= 0.3 is 0 Å². The first-order valence-corrected chi connectivity index (χ1v) is 10.3. The van der Waals surface area contributed by atoms with Gasteiger partial charge in [0.25, 0.3) is 5.91 Å². The number of nitrogens with zero attached hydrogens (tertiary/aromatic N) is 2. The topological polar surface area (TPSA) is 54.5 Å². The van der Waals surface area contributed by atoms with E-state index in [1.807, 2.05) is 12.1 Å². The molecule has 1 aliphatic rings. The Balaban J connectivity index is 1.63. The predicted molar refractivity (Wildman–Crippen MR) is 106 cm³/mol. The summed E-state index contributed by atoms with van der Waals surface area (Å²) in [4.78, 5) is 20.9. The van der Waals surface area contributed by atoms with Gasteiger partial charge in [-0.1, -0.05) is 26.3 Å². The molecule has 2 heterocycles. The van der Waals surface area contributed by atoms with Gasteiger partial charge in [-0.2, -0.15) is 0 Å². The molecule has 0 radical (unpaired) electrons. The van der Waals surface area contributed by atoms with Crippen molar-refractivity contribution in [2.75, 3.05) is 25.0 Å². The normalized spacial score (nSPS) is 14.1. The number of ether oxygens (including phenoxy) is 1. The number of aromatic nitrogens is 1. The SMILES string of the molecule is CCCCOc1cccc(C(=O)Nc2nc3c(s2)CN(CCC)CC3)c1. The van der Waals surface area contributed by atoms with Gasteiger partial charge in [0.2, 0.25) is 0 Å². The molecule has 0 fully saturated rings. The Morgan fingerprint density at radius 2 is 2.23 bits per heavy atom. The van der Waals surface area contributed by atoms with Gasteiger partial charge in [-0.25, -0.2) is 4.98 Å². The summed E-state index contributed by atoms with van der Waals surface area (Å²) in [6, 6.07) is 7.34. The molecule has 140 valence electrons. The lowest BCUT2D eigenvalue weighted by molar-refractivity contribution is 0.102. The van der Waals surface area contributed by atoms with Gasteiger partial charge in [-0.15, -0.1) is 11.3 Å². The summed E-state index contributed by atoms with van der Waals surface area (Å²) in [5, 5.41) is 3.64. The zero-order chi connectivity index (χ0) is 18.4. The molecule has 0 saturated heterocycles. The summed E-state index contributed by atoms with van der Waals surface area (Å²) < 4.78 is 5.69. The first-order valence-electron chi connectivity index (χ1n) is 9.44. The van der Waals surface area contributed by atoms with E-state index in [0.717, 1.165) is 56.8 Å². The molecular weight excluding hydrogens is 346 g/mol. The fourth-order valence-electron chi connectivity index (χ4n) is 3.04. The zero-order valence-corrected chi connectivity index (χ0v) is 16.4. The van der Waals surface area contributed by atoms with Crippen LogP contribution >= 0.6 is 11.3 Å². The number of nitrogens with one attached hydrogen (secondary N) is 1. The van der Waals surface area contributed by atoms with Crippen LogP contribution in [0.4, 0.5) is 5.13 Å². The molecule has 1 N–H and O–H groups in total. The molecule has 2 aromatic rings. The highest BCUT2D eigenvalue weighted by Crippen LogP contribution is 2.28. The molecular formula is C20H27N3O2S. The maximum Gasteiger partial charge on any atom is 0.257 e. The number of anilines is 1. The number of thiazole rings is 1. The van der Waals surface area contributed by atoms with Crippen LogP contribution in [0.3, 0.4) is 0 Å². The molecule has 1 aliphatic heterocycles. The van der Waals surface area contributed by atoms with Crippen LogP contribution in [0.5, 0.6) is 5.75 Å². The van der Waals surface area contributed by atoms with E-state index in [1.165, 1.54) is 4.88 Å². The Kier molecular flexibility index (Phi) is 6.63. The second-order valence-corrected chi connectivity index (χ2v) is 7.68. The Hall–Kier alpha value is -1.92. The van der Waals surface area contributed by atoms with Crippen molar-refractivity contribution in [1.29, 1.82) is 0 Å². The molecule has 0 bridgehead atoms. The summed E-state index contributed by atoms with van der Waals surface area (Å²) in [5.41, 5.74) is 1.73. The highest BCUT2D eigenvalue weighted by atomic mass is 32.1. The summed E-state index contributed by atoms with van der Waals surface area (Å²) in [6.07, 6.45) is 4.22. The molecule has 0 spiro atoms. The van der Waals surface area contributed by atoms with Gasteiger partial charge < -0.3 is 4.74 Å². The minimum atomic E-state index is -0.137. The average Bonchev–Trinajstić information content (AvgIpc) is 3.04. The van der Waals surface area contributed by atoms with Crippen LogP contribution in [0.2, 0.25) is 0 Å². The Labute approximate surface area is 159 Å². The van der Waals surface area contributed by atoms with Crippen molar-refractivity contribution in [3.05, 3.63) is 40.4 Å². The van der Waals surface area contributed by atoms with Crippen LogP contribution in [0.25, 0.3) is 0 Å². The summed E-state index contributed by atoms with van der Waals surface area (Å²) in [7, 11) is 0. The minimum Gasteiger partial charge on any atom is -0.494 e. The lowest BCUT2D eigenvalue weighted by Crippen LogP contribution is -2.30. The van der Waals surface area contributed by atoms with Crippen LogP contribution in [-0.4, -0.2) is 35.5 Å². The van der Waals surface area contributed by atoms with Crippen molar-refractivity contribution in [3.8, 4) is 5.75 Å². The largest absolute Gasteiger partial charge is 0.494 e. The molecule has 26 heavy (non-hydrogen) atoms. The Morgan fingerprint density at radius 1 is 1.35 bits per heavy atom. The molecule has 0 aliphatic carbocycles. The van der Waals surface area contributed by atoms with Crippen molar-refractivity contribution in [2.24, 2.45) is 0 Å². The van der Waals surface area contributed by atoms with Gasteiger partial charge in [0.1, 0.15) is 5.75 Å². The van der Waals surface area contributed by atoms with Gasteiger partial charge in [-0.05, 0) is 37.6 Å². The van der Waals surface area contributed by atoms with Gasteiger partial charge in [0.15, 0.2) is 5.13 Å². The number of hydrogen-bond acceptors (Lipinski definition) is 5. The van der Waals surface area contributed by atoms with E-state index in [-0.39, 0.29) is 5.91 Å². The van der Waals surface area contributed by atoms with Gasteiger partial charge in [0.05, 0.1) is 12.3 Å². The van der Waals surface area contributed by atoms with Crippen molar-refractivity contribution < 1.29 is 9.53 Å².